The Morgan fingerprint density at radius 3 is 2.69 bits per heavy atom. The van der Waals surface area contributed by atoms with E-state index in [4.69, 9.17) is 0 Å². The molecule has 0 saturated carbocycles. The van der Waals surface area contributed by atoms with Gasteiger partial charge in [0.25, 0.3) is 0 Å². The number of nitrogens with one attached hydrogen (secondary N) is 2. The van der Waals surface area contributed by atoms with Crippen LogP contribution in [0.2, 0.25) is 0 Å². The number of pyridine rings is 1. The molecule has 4 rings (SSSR count). The van der Waals surface area contributed by atoms with Crippen LogP contribution in [-0.4, -0.2) is 15.2 Å². The third-order valence-corrected chi connectivity index (χ3v) is 4.10. The van der Waals surface area contributed by atoms with E-state index < -0.39 is 0 Å². The van der Waals surface area contributed by atoms with Crippen molar-refractivity contribution < 1.29 is 4.39 Å². The number of hydrogen-bond donors (Lipinski definition) is 2. The first kappa shape index (κ1) is 16.0. The van der Waals surface area contributed by atoms with E-state index in [0.717, 1.165) is 33.5 Å². The number of aromatic nitrogens is 3. The highest BCUT2D eigenvalue weighted by atomic mass is 19.1. The lowest BCUT2D eigenvalue weighted by Crippen LogP contribution is -1.99. The number of benzene rings is 2. The second-order valence-electron chi connectivity index (χ2n) is 5.94. The number of halogens is 1. The zero-order chi connectivity index (χ0) is 17.8. The van der Waals surface area contributed by atoms with Gasteiger partial charge in [-0.15, -0.1) is 0 Å². The Labute approximate surface area is 150 Å². The zero-order valence-corrected chi connectivity index (χ0v) is 14.0. The molecule has 0 spiro atoms. The second kappa shape index (κ2) is 7.19. The summed E-state index contributed by atoms with van der Waals surface area (Å²) in [4.78, 5) is 4.28. The molecule has 0 amide bonds. The quantitative estimate of drug-likeness (QED) is 0.542. The molecule has 0 aliphatic heterocycles. The van der Waals surface area contributed by atoms with E-state index >= 15 is 0 Å². The van der Waals surface area contributed by atoms with E-state index in [0.29, 0.717) is 6.54 Å². The van der Waals surface area contributed by atoms with Gasteiger partial charge in [-0.25, -0.2) is 4.39 Å². The maximum Gasteiger partial charge on any atom is 0.123 e. The van der Waals surface area contributed by atoms with Crippen LogP contribution >= 0.6 is 0 Å². The number of hydrogen-bond acceptors (Lipinski definition) is 3. The van der Waals surface area contributed by atoms with Gasteiger partial charge < -0.3 is 5.32 Å². The van der Waals surface area contributed by atoms with Crippen molar-refractivity contribution in [2.75, 3.05) is 5.32 Å². The van der Waals surface area contributed by atoms with Gasteiger partial charge >= 0.3 is 0 Å². The van der Waals surface area contributed by atoms with Crippen LogP contribution in [0.5, 0.6) is 0 Å². The lowest BCUT2D eigenvalue weighted by Gasteiger charge is -2.07. The largest absolute Gasteiger partial charge is 0.381 e. The molecule has 0 aliphatic carbocycles. The molecule has 2 aromatic carbocycles. The predicted octanol–water partition coefficient (Wildman–Crippen LogP) is 4.88. The van der Waals surface area contributed by atoms with Crippen molar-refractivity contribution in [1.82, 2.24) is 15.2 Å². The average Bonchev–Trinajstić information content (AvgIpc) is 3.09. The van der Waals surface area contributed by atoms with Crippen LogP contribution < -0.4 is 5.32 Å². The molecule has 0 fully saturated rings. The first-order valence-corrected chi connectivity index (χ1v) is 8.33. The van der Waals surface area contributed by atoms with Crippen molar-refractivity contribution in [3.05, 3.63) is 89.6 Å². The predicted molar refractivity (Wildman–Crippen MR) is 103 cm³/mol. The van der Waals surface area contributed by atoms with Crippen molar-refractivity contribution in [1.29, 1.82) is 0 Å². The summed E-state index contributed by atoms with van der Waals surface area (Å²) >= 11 is 0. The topological polar surface area (TPSA) is 53.6 Å². The van der Waals surface area contributed by atoms with Crippen LogP contribution in [0.1, 0.15) is 17.0 Å². The van der Waals surface area contributed by atoms with E-state index in [1.54, 1.807) is 18.3 Å². The van der Waals surface area contributed by atoms with Gasteiger partial charge in [0.15, 0.2) is 0 Å². The smallest absolute Gasteiger partial charge is 0.123 e. The summed E-state index contributed by atoms with van der Waals surface area (Å²) in [5.41, 5.74) is 4.72. The van der Waals surface area contributed by atoms with Crippen LogP contribution in [0.15, 0.2) is 66.9 Å². The minimum atomic E-state index is -0.224. The first-order valence-electron chi connectivity index (χ1n) is 8.33. The summed E-state index contributed by atoms with van der Waals surface area (Å²) in [5.74, 6) is -0.224. The van der Waals surface area contributed by atoms with Gasteiger partial charge in [-0.1, -0.05) is 18.2 Å². The van der Waals surface area contributed by atoms with Gasteiger partial charge in [-0.3, -0.25) is 10.1 Å². The van der Waals surface area contributed by atoms with Gasteiger partial charge in [0, 0.05) is 23.8 Å². The summed E-state index contributed by atoms with van der Waals surface area (Å²) < 4.78 is 13.0. The number of nitrogens with zero attached hydrogens (tertiary/aromatic N) is 2. The van der Waals surface area contributed by atoms with Crippen molar-refractivity contribution in [3.8, 4) is 0 Å². The van der Waals surface area contributed by atoms with Crippen molar-refractivity contribution >= 4 is 28.7 Å². The van der Waals surface area contributed by atoms with Crippen LogP contribution in [0, 0.1) is 5.82 Å². The fourth-order valence-electron chi connectivity index (χ4n) is 2.72. The van der Waals surface area contributed by atoms with E-state index in [2.05, 4.69) is 26.6 Å². The fraction of sp³-hybridized carbons (Fsp3) is 0.0476. The van der Waals surface area contributed by atoms with Crippen LogP contribution in [0.25, 0.3) is 23.1 Å². The molecule has 4 aromatic rings. The molecule has 2 N–H and O–H groups in total. The van der Waals surface area contributed by atoms with Gasteiger partial charge in [0.05, 0.1) is 16.9 Å². The molecule has 4 nitrogen and oxygen atoms in total. The fourth-order valence-corrected chi connectivity index (χ4v) is 2.72. The Bertz CT molecular complexity index is 1040. The number of aromatic amines is 1. The third kappa shape index (κ3) is 3.62. The second-order valence-corrected chi connectivity index (χ2v) is 5.94. The molecule has 2 heterocycles. The molecule has 0 unspecified atom stereocenters. The van der Waals surface area contributed by atoms with E-state index in [-0.39, 0.29) is 5.82 Å². The van der Waals surface area contributed by atoms with Gasteiger partial charge in [-0.05, 0) is 60.2 Å². The SMILES string of the molecule is Fc1ccc(CNc2ccc3[nH]nc(C=Cc4ccccn4)c3c2)cc1. The molecule has 0 saturated heterocycles. The van der Waals surface area contributed by atoms with E-state index in [9.17, 15) is 4.39 Å². The van der Waals surface area contributed by atoms with Gasteiger partial charge in [0.2, 0.25) is 0 Å². The lowest BCUT2D eigenvalue weighted by atomic mass is 10.1. The van der Waals surface area contributed by atoms with Crippen LogP contribution in [-0.2, 0) is 6.54 Å². The Kier molecular flexibility index (Phi) is 4.43. The molecule has 5 heteroatoms. The Morgan fingerprint density at radius 2 is 1.88 bits per heavy atom. The van der Waals surface area contributed by atoms with Crippen LogP contribution in [0.4, 0.5) is 10.1 Å². The minimum absolute atomic E-state index is 0.224. The normalized spacial score (nSPS) is 11.3. The number of fused-ring (bicyclic) bond motifs is 1. The molecule has 2 aromatic heterocycles. The molecule has 26 heavy (non-hydrogen) atoms. The van der Waals surface area contributed by atoms with Crippen molar-refractivity contribution in [3.63, 3.8) is 0 Å². The monoisotopic (exact) mass is 344 g/mol. The number of H-pyrrole nitrogens is 1. The zero-order valence-electron chi connectivity index (χ0n) is 14.0. The Balaban J connectivity index is 1.54. The highest BCUT2D eigenvalue weighted by Gasteiger charge is 2.04. The number of rotatable bonds is 5. The molecule has 0 bridgehead atoms. The summed E-state index contributed by atoms with van der Waals surface area (Å²) in [7, 11) is 0. The lowest BCUT2D eigenvalue weighted by molar-refractivity contribution is 0.627. The van der Waals surface area contributed by atoms with Crippen LogP contribution in [0.3, 0.4) is 0 Å². The molecular weight excluding hydrogens is 327 g/mol. The van der Waals surface area contributed by atoms with Crippen molar-refractivity contribution in [2.24, 2.45) is 0 Å². The summed E-state index contributed by atoms with van der Waals surface area (Å²) in [6, 6.07) is 18.3. The Hall–Kier alpha value is -3.47. The van der Waals surface area contributed by atoms with Crippen molar-refractivity contribution in [2.45, 2.75) is 6.54 Å². The maximum absolute atomic E-state index is 13.0. The molecule has 0 atom stereocenters. The average molecular weight is 344 g/mol. The first-order chi connectivity index (χ1) is 12.8. The standard InChI is InChI=1S/C21H17FN4/c22-16-6-4-15(5-7-16)14-24-18-9-11-21-19(13-18)20(25-26-21)10-8-17-3-1-2-12-23-17/h1-13,24H,14H2,(H,25,26). The number of anilines is 1. The minimum Gasteiger partial charge on any atom is -0.381 e. The molecule has 0 radical (unpaired) electrons. The van der Waals surface area contributed by atoms with Gasteiger partial charge in [-0.2, -0.15) is 5.10 Å². The summed E-state index contributed by atoms with van der Waals surface area (Å²) in [6.07, 6.45) is 5.65. The van der Waals surface area contributed by atoms with Gasteiger partial charge in [0.1, 0.15) is 5.82 Å². The third-order valence-electron chi connectivity index (χ3n) is 4.10. The molecular formula is C21H17FN4. The highest BCUT2D eigenvalue weighted by Crippen LogP contribution is 2.22. The molecule has 0 aliphatic rings. The summed E-state index contributed by atoms with van der Waals surface area (Å²) in [6.45, 7) is 0.628. The van der Waals surface area contributed by atoms with E-state index in [1.165, 1.54) is 12.1 Å². The molecule has 128 valence electrons. The highest BCUT2D eigenvalue weighted by molar-refractivity contribution is 5.91. The maximum atomic E-state index is 13.0. The summed E-state index contributed by atoms with van der Waals surface area (Å²) in [5, 5.41) is 11.8. The Morgan fingerprint density at radius 1 is 1.00 bits per heavy atom. The van der Waals surface area contributed by atoms with E-state index in [1.807, 2.05) is 42.5 Å².